The Kier molecular flexibility index (Phi) is 6.21. The molecule has 0 aliphatic heterocycles. The molecule has 34 heavy (non-hydrogen) atoms. The molecule has 0 unspecified atom stereocenters. The number of carbonyl (C=O) groups excluding carboxylic acids is 1. The zero-order chi connectivity index (χ0) is 24.5. The monoisotopic (exact) mass is 476 g/mol. The smallest absolute Gasteiger partial charge is 0.285 e. The van der Waals surface area contributed by atoms with Crippen molar-refractivity contribution in [2.75, 3.05) is 10.8 Å². The molecule has 174 valence electrons. The van der Waals surface area contributed by atoms with Crippen LogP contribution in [-0.2, 0) is 21.9 Å². The number of carbonyl (C=O) groups is 1. The van der Waals surface area contributed by atoms with Crippen molar-refractivity contribution in [1.29, 1.82) is 0 Å². The molecule has 9 heteroatoms. The number of para-hydroxylation sites is 1. The van der Waals surface area contributed by atoms with Crippen LogP contribution in [0.1, 0.15) is 11.1 Å². The van der Waals surface area contributed by atoms with E-state index in [-0.39, 0.29) is 16.5 Å². The van der Waals surface area contributed by atoms with E-state index in [1.807, 2.05) is 26.0 Å². The third-order valence-corrected chi connectivity index (χ3v) is 7.49. The van der Waals surface area contributed by atoms with E-state index in [9.17, 15) is 18.3 Å². The fourth-order valence-electron chi connectivity index (χ4n) is 3.63. The summed E-state index contributed by atoms with van der Waals surface area (Å²) < 4.78 is 29.4. The molecule has 0 fully saturated rings. The van der Waals surface area contributed by atoms with Crippen LogP contribution in [0.25, 0.3) is 10.9 Å². The van der Waals surface area contributed by atoms with Gasteiger partial charge in [-0.15, -0.1) is 10.2 Å². The second kappa shape index (κ2) is 9.11. The first-order valence-corrected chi connectivity index (χ1v) is 12.0. The number of aromatic hydroxyl groups is 1. The highest BCUT2D eigenvalue weighted by Gasteiger charge is 2.27. The van der Waals surface area contributed by atoms with Gasteiger partial charge in [0.2, 0.25) is 5.88 Å². The van der Waals surface area contributed by atoms with Gasteiger partial charge in [0.1, 0.15) is 6.54 Å². The Bertz CT molecular complexity index is 1510. The molecular formula is C25H24N4O4S. The molecule has 1 N–H and O–H groups in total. The van der Waals surface area contributed by atoms with Crippen LogP contribution in [0.3, 0.4) is 0 Å². The Hall–Kier alpha value is -3.98. The summed E-state index contributed by atoms with van der Waals surface area (Å²) in [7, 11) is -2.37. The number of amides is 1. The van der Waals surface area contributed by atoms with E-state index in [1.165, 1.54) is 16.7 Å². The number of nitrogens with zero attached hydrogens (tertiary/aromatic N) is 4. The number of azo groups is 1. The average Bonchev–Trinajstić information content (AvgIpc) is 3.08. The van der Waals surface area contributed by atoms with Gasteiger partial charge in [-0.1, -0.05) is 42.5 Å². The number of rotatable bonds is 6. The molecule has 0 saturated carbocycles. The average molecular weight is 477 g/mol. The van der Waals surface area contributed by atoms with Crippen LogP contribution in [0.5, 0.6) is 5.88 Å². The number of fused-ring (bicyclic) bond motifs is 1. The number of benzene rings is 3. The van der Waals surface area contributed by atoms with E-state index in [4.69, 9.17) is 0 Å². The molecule has 4 rings (SSSR count). The molecule has 3 aromatic carbocycles. The Labute approximate surface area is 197 Å². The Balaban J connectivity index is 1.70. The predicted molar refractivity (Wildman–Crippen MR) is 131 cm³/mol. The van der Waals surface area contributed by atoms with E-state index in [0.29, 0.717) is 11.1 Å². The maximum absolute atomic E-state index is 13.4. The number of aryl methyl sites for hydroxylation is 3. The van der Waals surface area contributed by atoms with Gasteiger partial charge in [-0.3, -0.25) is 9.10 Å². The molecule has 0 saturated heterocycles. The quantitative estimate of drug-likeness (QED) is 0.395. The van der Waals surface area contributed by atoms with Crippen molar-refractivity contribution in [1.82, 2.24) is 4.57 Å². The van der Waals surface area contributed by atoms with Gasteiger partial charge in [0.05, 0.1) is 16.1 Å². The predicted octanol–water partition coefficient (Wildman–Crippen LogP) is 5.01. The number of aromatic nitrogens is 1. The summed E-state index contributed by atoms with van der Waals surface area (Å²) in [6.07, 6.45) is 0. The maximum atomic E-state index is 13.4. The van der Waals surface area contributed by atoms with Crippen molar-refractivity contribution in [3.8, 4) is 5.88 Å². The molecule has 0 radical (unpaired) electrons. The first kappa shape index (κ1) is 23.2. The molecule has 8 nitrogen and oxygen atoms in total. The molecule has 1 amide bonds. The zero-order valence-corrected chi connectivity index (χ0v) is 19.8. The fourth-order valence-corrected chi connectivity index (χ4v) is 5.06. The molecule has 0 aliphatic rings. The zero-order valence-electron chi connectivity index (χ0n) is 19.0. The molecular weight excluding hydrogens is 452 g/mol. The lowest BCUT2D eigenvalue weighted by Gasteiger charge is -2.23. The normalized spacial score (nSPS) is 11.9. The maximum Gasteiger partial charge on any atom is 0.285 e. The standard InChI is InChI=1S/C25H24N4O4S/c1-17-13-14-19(15-18(17)2)29(34(32,33)20-9-5-4-6-10-20)16-23(30)26-27-24-21-11-7-8-12-22(21)28(3)25(24)31/h4-15,31H,16H2,1-3H3. The largest absolute Gasteiger partial charge is 0.493 e. The van der Waals surface area contributed by atoms with Gasteiger partial charge in [0, 0.05) is 12.4 Å². The lowest BCUT2D eigenvalue weighted by atomic mass is 10.1. The van der Waals surface area contributed by atoms with E-state index < -0.39 is 22.5 Å². The summed E-state index contributed by atoms with van der Waals surface area (Å²) >= 11 is 0. The SMILES string of the molecule is Cc1ccc(N(CC(=O)N=Nc2c(O)n(C)c3ccccc23)S(=O)(=O)c2ccccc2)cc1C. The van der Waals surface area contributed by atoms with Crippen molar-refractivity contribution >= 4 is 38.2 Å². The topological polar surface area (TPSA) is 104 Å². The highest BCUT2D eigenvalue weighted by Crippen LogP contribution is 2.37. The van der Waals surface area contributed by atoms with Crippen molar-refractivity contribution in [3.63, 3.8) is 0 Å². The summed E-state index contributed by atoms with van der Waals surface area (Å²) in [6.45, 7) is 3.25. The summed E-state index contributed by atoms with van der Waals surface area (Å²) in [5, 5.41) is 18.8. The van der Waals surface area contributed by atoms with Crippen LogP contribution in [-0.4, -0.2) is 30.5 Å². The van der Waals surface area contributed by atoms with Crippen molar-refractivity contribution in [2.45, 2.75) is 18.7 Å². The van der Waals surface area contributed by atoms with Crippen LogP contribution in [0, 0.1) is 13.8 Å². The Morgan fingerprint density at radius 2 is 1.65 bits per heavy atom. The summed E-state index contributed by atoms with van der Waals surface area (Å²) in [5.74, 6) is -0.911. The minimum absolute atomic E-state index is 0.0599. The Morgan fingerprint density at radius 1 is 0.971 bits per heavy atom. The first-order valence-electron chi connectivity index (χ1n) is 10.6. The van der Waals surface area contributed by atoms with Crippen molar-refractivity contribution in [2.24, 2.45) is 17.3 Å². The van der Waals surface area contributed by atoms with Gasteiger partial charge in [-0.25, -0.2) is 8.42 Å². The lowest BCUT2D eigenvalue weighted by molar-refractivity contribution is -0.116. The second-order valence-electron chi connectivity index (χ2n) is 7.94. The van der Waals surface area contributed by atoms with Crippen LogP contribution in [0.2, 0.25) is 0 Å². The van der Waals surface area contributed by atoms with Crippen molar-refractivity contribution < 1.29 is 18.3 Å². The molecule has 0 bridgehead atoms. The number of hydrogen-bond donors (Lipinski definition) is 1. The third-order valence-electron chi connectivity index (χ3n) is 5.70. The fraction of sp³-hybridized carbons (Fsp3) is 0.160. The van der Waals surface area contributed by atoms with Gasteiger partial charge in [-0.05, 0) is 55.3 Å². The van der Waals surface area contributed by atoms with E-state index in [1.54, 1.807) is 55.6 Å². The van der Waals surface area contributed by atoms with Gasteiger partial charge >= 0.3 is 0 Å². The number of hydrogen-bond acceptors (Lipinski definition) is 5. The van der Waals surface area contributed by atoms with Crippen LogP contribution >= 0.6 is 0 Å². The molecule has 0 spiro atoms. The van der Waals surface area contributed by atoms with E-state index in [0.717, 1.165) is 20.9 Å². The molecule has 4 aromatic rings. The molecule has 1 heterocycles. The molecule has 1 aromatic heterocycles. The summed E-state index contributed by atoms with van der Waals surface area (Å²) in [4.78, 5) is 12.9. The highest BCUT2D eigenvalue weighted by molar-refractivity contribution is 7.92. The minimum Gasteiger partial charge on any atom is -0.493 e. The third kappa shape index (κ3) is 4.29. The summed E-state index contributed by atoms with van der Waals surface area (Å²) in [6, 6.07) is 20.3. The van der Waals surface area contributed by atoms with E-state index in [2.05, 4.69) is 10.2 Å². The molecule has 0 atom stereocenters. The van der Waals surface area contributed by atoms with Crippen LogP contribution < -0.4 is 4.31 Å². The number of anilines is 1. The van der Waals surface area contributed by atoms with Gasteiger partial charge < -0.3 is 9.67 Å². The minimum atomic E-state index is -4.04. The van der Waals surface area contributed by atoms with Gasteiger partial charge in [-0.2, -0.15) is 0 Å². The van der Waals surface area contributed by atoms with Crippen molar-refractivity contribution in [3.05, 3.63) is 83.9 Å². The second-order valence-corrected chi connectivity index (χ2v) is 9.80. The molecule has 0 aliphatic carbocycles. The van der Waals surface area contributed by atoms with Crippen LogP contribution in [0.15, 0.2) is 87.9 Å². The Morgan fingerprint density at radius 3 is 2.35 bits per heavy atom. The van der Waals surface area contributed by atoms with Crippen LogP contribution in [0.4, 0.5) is 11.4 Å². The van der Waals surface area contributed by atoms with Gasteiger partial charge in [0.15, 0.2) is 5.69 Å². The van der Waals surface area contributed by atoms with Gasteiger partial charge in [0.25, 0.3) is 15.9 Å². The van der Waals surface area contributed by atoms with E-state index >= 15 is 0 Å². The lowest BCUT2D eigenvalue weighted by Crippen LogP contribution is -2.35. The highest BCUT2D eigenvalue weighted by atomic mass is 32.2. The number of sulfonamides is 1. The summed E-state index contributed by atoms with van der Waals surface area (Å²) in [5.41, 5.74) is 3.11. The first-order chi connectivity index (χ1) is 16.2.